The molecule has 1 aliphatic carbocycles. The van der Waals surface area contributed by atoms with Crippen LogP contribution in [0.1, 0.15) is 39.1 Å². The molecule has 0 bridgehead atoms. The van der Waals surface area contributed by atoms with E-state index in [9.17, 15) is 0 Å². The molecule has 2 aromatic heterocycles. The van der Waals surface area contributed by atoms with E-state index in [2.05, 4.69) is 154 Å². The van der Waals surface area contributed by atoms with Crippen molar-refractivity contribution < 1.29 is 25.8 Å². The molecule has 0 saturated carbocycles. The summed E-state index contributed by atoms with van der Waals surface area (Å²) in [6, 6.07) is 56.1. The molecule has 9 rings (SSSR count). The maximum Gasteiger partial charge on any atom is 2.00 e. The molecule has 0 unspecified atom stereocenters. The molecule has 52 heavy (non-hydrogen) atoms. The minimum absolute atomic E-state index is 0. The molecule has 0 spiro atoms. The SMILES string of the molecule is Cc1cc(C)c(-c2cc(Oc3[c-]c(C4(c5ccccn5)c5ccccc5-c5ccccc54)ccc3)[c-]c(-c3nccc4ccccc34)c2)c(C)c1.[Pt+2]. The summed E-state index contributed by atoms with van der Waals surface area (Å²) in [6.45, 7) is 6.49. The van der Waals surface area contributed by atoms with Crippen LogP contribution in [0.15, 0.2) is 152 Å². The molecule has 0 amide bonds. The monoisotopic (exact) mass is 849 g/mol. The van der Waals surface area contributed by atoms with Gasteiger partial charge in [-0.1, -0.05) is 114 Å². The summed E-state index contributed by atoms with van der Waals surface area (Å²) < 4.78 is 6.82. The second-order valence-electron chi connectivity index (χ2n) is 13.4. The van der Waals surface area contributed by atoms with Crippen LogP contribution in [0.4, 0.5) is 0 Å². The Kier molecular flexibility index (Phi) is 8.69. The van der Waals surface area contributed by atoms with Gasteiger partial charge in [-0.15, -0.1) is 29.3 Å². The van der Waals surface area contributed by atoms with Gasteiger partial charge in [-0.3, -0.25) is 4.98 Å². The second-order valence-corrected chi connectivity index (χ2v) is 13.4. The van der Waals surface area contributed by atoms with Gasteiger partial charge in [0.15, 0.2) is 0 Å². The molecule has 0 N–H and O–H groups in total. The van der Waals surface area contributed by atoms with Crippen molar-refractivity contribution in [1.29, 1.82) is 0 Å². The van der Waals surface area contributed by atoms with Gasteiger partial charge in [-0.2, -0.15) is 12.1 Å². The number of hydrogen-bond acceptors (Lipinski definition) is 3. The maximum atomic E-state index is 6.82. The third-order valence-electron chi connectivity index (χ3n) is 10.1. The summed E-state index contributed by atoms with van der Waals surface area (Å²) in [7, 11) is 0. The van der Waals surface area contributed by atoms with Gasteiger partial charge in [0.1, 0.15) is 0 Å². The number of nitrogens with zero attached hydrogens (tertiary/aromatic N) is 2. The molecule has 0 saturated heterocycles. The number of fused-ring (bicyclic) bond motifs is 4. The van der Waals surface area contributed by atoms with Gasteiger partial charge in [-0.05, 0) is 94.4 Å². The molecule has 8 aromatic rings. The molecule has 252 valence electrons. The van der Waals surface area contributed by atoms with Gasteiger partial charge < -0.3 is 9.72 Å². The number of aryl methyl sites for hydroxylation is 3. The molecule has 6 aromatic carbocycles. The summed E-state index contributed by atoms with van der Waals surface area (Å²) in [6.07, 6.45) is 3.74. The maximum absolute atomic E-state index is 6.82. The van der Waals surface area contributed by atoms with Crippen LogP contribution in [0, 0.1) is 32.9 Å². The zero-order valence-corrected chi connectivity index (χ0v) is 31.3. The van der Waals surface area contributed by atoms with Gasteiger partial charge >= 0.3 is 21.1 Å². The van der Waals surface area contributed by atoms with Crippen LogP contribution >= 0.6 is 0 Å². The predicted molar refractivity (Wildman–Crippen MR) is 206 cm³/mol. The summed E-state index contributed by atoms with van der Waals surface area (Å²) in [4.78, 5) is 9.85. The van der Waals surface area contributed by atoms with Gasteiger partial charge in [0, 0.05) is 23.9 Å². The number of rotatable bonds is 6. The van der Waals surface area contributed by atoms with Crippen LogP contribution in [0.3, 0.4) is 0 Å². The second kappa shape index (κ2) is 13.5. The molecule has 1 aliphatic rings. The van der Waals surface area contributed by atoms with Crippen LogP contribution in [-0.4, -0.2) is 9.97 Å². The number of pyridine rings is 2. The van der Waals surface area contributed by atoms with Crippen molar-refractivity contribution in [2.24, 2.45) is 0 Å². The topological polar surface area (TPSA) is 35.0 Å². The molecular weight excluding hydrogens is 816 g/mol. The van der Waals surface area contributed by atoms with Gasteiger partial charge in [0.25, 0.3) is 0 Å². The smallest absolute Gasteiger partial charge is 0.503 e. The Hall–Kier alpha value is -5.63. The number of hydrogen-bond donors (Lipinski definition) is 0. The predicted octanol–water partition coefficient (Wildman–Crippen LogP) is 11.6. The third-order valence-corrected chi connectivity index (χ3v) is 10.1. The van der Waals surface area contributed by atoms with Crippen molar-refractivity contribution in [3.63, 3.8) is 0 Å². The molecule has 3 nitrogen and oxygen atoms in total. The van der Waals surface area contributed by atoms with E-state index >= 15 is 0 Å². The average Bonchev–Trinajstić information content (AvgIpc) is 3.46. The van der Waals surface area contributed by atoms with Crippen LogP contribution < -0.4 is 4.74 Å². The first kappa shape index (κ1) is 33.5. The zero-order valence-electron chi connectivity index (χ0n) is 29.1. The number of ether oxygens (including phenoxy) is 1. The van der Waals surface area contributed by atoms with Crippen molar-refractivity contribution in [1.82, 2.24) is 9.97 Å². The summed E-state index contributed by atoms with van der Waals surface area (Å²) in [5.41, 5.74) is 13.7. The van der Waals surface area contributed by atoms with E-state index in [1.165, 1.54) is 44.5 Å². The van der Waals surface area contributed by atoms with E-state index in [1.807, 2.05) is 30.6 Å². The van der Waals surface area contributed by atoms with Crippen LogP contribution in [0.5, 0.6) is 11.5 Å². The zero-order chi connectivity index (χ0) is 34.5. The molecule has 0 atom stereocenters. The first-order valence-corrected chi connectivity index (χ1v) is 17.3. The van der Waals surface area contributed by atoms with Crippen molar-refractivity contribution in [3.05, 3.63) is 203 Å². The first-order chi connectivity index (χ1) is 25.0. The minimum atomic E-state index is -0.673. The van der Waals surface area contributed by atoms with Gasteiger partial charge in [-0.25, -0.2) is 0 Å². The molecular formula is C48H34N2OPt. The molecule has 0 fully saturated rings. The Morgan fingerprint density at radius 2 is 1.27 bits per heavy atom. The van der Waals surface area contributed by atoms with E-state index in [0.29, 0.717) is 11.5 Å². The molecule has 0 aliphatic heterocycles. The van der Waals surface area contributed by atoms with Gasteiger partial charge in [0.05, 0.1) is 11.1 Å². The van der Waals surface area contributed by atoms with E-state index in [4.69, 9.17) is 14.7 Å². The number of aromatic nitrogens is 2. The van der Waals surface area contributed by atoms with Gasteiger partial charge in [0.2, 0.25) is 0 Å². The fourth-order valence-corrected chi connectivity index (χ4v) is 8.21. The molecule has 4 heteroatoms. The summed E-state index contributed by atoms with van der Waals surface area (Å²) >= 11 is 0. The summed E-state index contributed by atoms with van der Waals surface area (Å²) in [5, 5.41) is 2.20. The van der Waals surface area contributed by atoms with E-state index in [0.717, 1.165) is 38.9 Å². The van der Waals surface area contributed by atoms with Crippen LogP contribution in [0.2, 0.25) is 0 Å². The van der Waals surface area contributed by atoms with E-state index in [-0.39, 0.29) is 21.1 Å². The Morgan fingerprint density at radius 1 is 0.577 bits per heavy atom. The quantitative estimate of drug-likeness (QED) is 0.156. The Bertz CT molecular complexity index is 2540. The molecule has 2 heterocycles. The number of benzene rings is 6. The van der Waals surface area contributed by atoms with Crippen molar-refractivity contribution in [3.8, 4) is 45.0 Å². The Balaban J connectivity index is 0.00000387. The Morgan fingerprint density at radius 3 is 2.00 bits per heavy atom. The normalized spacial score (nSPS) is 12.5. The average molecular weight is 850 g/mol. The Labute approximate surface area is 319 Å². The van der Waals surface area contributed by atoms with Crippen LogP contribution in [-0.2, 0) is 26.5 Å². The fourth-order valence-electron chi connectivity index (χ4n) is 8.21. The fraction of sp³-hybridized carbons (Fsp3) is 0.0833. The molecule has 0 radical (unpaired) electrons. The van der Waals surface area contributed by atoms with E-state index < -0.39 is 5.41 Å². The summed E-state index contributed by atoms with van der Waals surface area (Å²) in [5.74, 6) is 1.20. The van der Waals surface area contributed by atoms with Crippen LogP contribution in [0.25, 0.3) is 44.3 Å². The minimum Gasteiger partial charge on any atom is -0.503 e. The first-order valence-electron chi connectivity index (χ1n) is 17.3. The van der Waals surface area contributed by atoms with E-state index in [1.54, 1.807) is 0 Å². The standard InChI is InChI=1S/C48H34N2O.Pt/c1-31-25-32(2)46(33(3)26-31)35-27-36(47-40-16-5-4-13-34(40)22-24-50-47)29-39(28-35)51-38-15-12-14-37(30-38)48(45-21-10-11-23-49-45)43-19-8-6-17-41(43)42-18-7-9-20-44(42)48;/h4-28H,1-3H3;/q-2;+2. The van der Waals surface area contributed by atoms with Crippen molar-refractivity contribution in [2.45, 2.75) is 26.2 Å². The van der Waals surface area contributed by atoms with Crippen molar-refractivity contribution in [2.75, 3.05) is 0 Å². The largest absolute Gasteiger partial charge is 2.00 e. The third kappa shape index (κ3) is 5.48. The van der Waals surface area contributed by atoms with Crippen molar-refractivity contribution >= 4 is 10.8 Å².